The molecule has 1 aliphatic heterocycles. The number of hydrazone groups is 1. The largest absolute Gasteiger partial charge is 0.481 e. The average molecular weight is 501 g/mol. The molecule has 1 N–H and O–H groups in total. The Bertz CT molecular complexity index is 1210. The van der Waals surface area contributed by atoms with Crippen LogP contribution in [-0.2, 0) is 9.59 Å². The highest BCUT2D eigenvalue weighted by atomic mass is 79.9. The number of carbonyl (C=O) groups is 2. The maximum absolute atomic E-state index is 12.8. The van der Waals surface area contributed by atoms with Crippen LogP contribution < -0.4 is 0 Å². The number of aliphatic carboxylic acids is 1. The maximum atomic E-state index is 12.8. The molecule has 1 aliphatic rings. The van der Waals surface area contributed by atoms with Gasteiger partial charge in [0.05, 0.1) is 23.7 Å². The number of rotatable bonds is 5. The summed E-state index contributed by atoms with van der Waals surface area (Å²) in [6, 6.07) is 15.2. The van der Waals surface area contributed by atoms with Crippen molar-refractivity contribution in [2.45, 2.75) is 32.2 Å². The number of hydrogen-bond donors (Lipinski definition) is 1. The summed E-state index contributed by atoms with van der Waals surface area (Å²) in [5, 5.41) is 16.2. The summed E-state index contributed by atoms with van der Waals surface area (Å²) >= 11 is 9.93. The summed E-state index contributed by atoms with van der Waals surface area (Å²) in [5.74, 6) is -1.36. The van der Waals surface area contributed by atoms with E-state index in [2.05, 4.69) is 26.0 Å². The van der Waals surface area contributed by atoms with Crippen LogP contribution in [0.5, 0.6) is 0 Å². The van der Waals surface area contributed by atoms with Gasteiger partial charge in [-0.2, -0.15) is 5.10 Å². The zero-order chi connectivity index (χ0) is 22.1. The first-order valence-electron chi connectivity index (χ1n) is 9.76. The van der Waals surface area contributed by atoms with E-state index in [0.717, 1.165) is 26.5 Å². The van der Waals surface area contributed by atoms with E-state index >= 15 is 0 Å². The molecule has 1 aromatic heterocycles. The summed E-state index contributed by atoms with van der Waals surface area (Å²) in [4.78, 5) is 28.3. The van der Waals surface area contributed by atoms with Gasteiger partial charge in [0.1, 0.15) is 5.15 Å². The van der Waals surface area contributed by atoms with E-state index in [1.165, 1.54) is 5.01 Å². The molecule has 31 heavy (non-hydrogen) atoms. The fourth-order valence-corrected chi connectivity index (χ4v) is 4.15. The Labute approximate surface area is 192 Å². The van der Waals surface area contributed by atoms with Gasteiger partial charge in [-0.1, -0.05) is 51.8 Å². The third-order valence-electron chi connectivity index (χ3n) is 5.21. The fraction of sp³-hybridized carbons (Fsp3) is 0.217. The van der Waals surface area contributed by atoms with Crippen LogP contribution in [0.1, 0.15) is 42.0 Å². The van der Waals surface area contributed by atoms with Gasteiger partial charge in [0.25, 0.3) is 0 Å². The molecular formula is C23H19BrClN3O3. The molecular weight excluding hydrogens is 482 g/mol. The number of aromatic nitrogens is 1. The summed E-state index contributed by atoms with van der Waals surface area (Å²) in [6.45, 7) is 1.99. The minimum absolute atomic E-state index is 0.123. The molecule has 2 heterocycles. The fourth-order valence-electron chi connectivity index (χ4n) is 3.63. The number of carbonyl (C=O) groups excluding carboxylic acids is 1. The molecule has 158 valence electrons. The molecule has 0 aliphatic carbocycles. The highest BCUT2D eigenvalue weighted by Gasteiger charge is 2.34. The molecule has 0 saturated heterocycles. The summed E-state index contributed by atoms with van der Waals surface area (Å²) < 4.78 is 0.927. The van der Waals surface area contributed by atoms with E-state index < -0.39 is 5.97 Å². The zero-order valence-electron chi connectivity index (χ0n) is 16.7. The predicted molar refractivity (Wildman–Crippen MR) is 123 cm³/mol. The Morgan fingerprint density at radius 1 is 1.16 bits per heavy atom. The lowest BCUT2D eigenvalue weighted by atomic mass is 9.98. The lowest BCUT2D eigenvalue weighted by Crippen LogP contribution is -2.27. The van der Waals surface area contributed by atoms with Gasteiger partial charge in [-0.05, 0) is 42.3 Å². The molecule has 0 unspecified atom stereocenters. The standard InChI is InChI=1S/C23H19BrClN3O3/c1-13-2-3-15-11-17(23(25)26-18(15)10-13)19-12-20(14-4-6-16(24)7-5-14)28(27-19)21(29)8-9-22(30)31/h2-7,10-11,20H,8-9,12H2,1H3,(H,30,31)/t20-/m0/s1. The molecule has 0 radical (unpaired) electrons. The van der Waals surface area contributed by atoms with E-state index in [4.69, 9.17) is 16.7 Å². The first-order chi connectivity index (χ1) is 14.8. The number of pyridine rings is 1. The number of aryl methyl sites for hydroxylation is 1. The lowest BCUT2D eigenvalue weighted by Gasteiger charge is -2.22. The van der Waals surface area contributed by atoms with Crippen LogP contribution in [0, 0.1) is 6.92 Å². The van der Waals surface area contributed by atoms with Gasteiger partial charge < -0.3 is 5.11 Å². The minimum Gasteiger partial charge on any atom is -0.481 e. The van der Waals surface area contributed by atoms with Gasteiger partial charge in [-0.25, -0.2) is 9.99 Å². The maximum Gasteiger partial charge on any atom is 0.303 e. The smallest absolute Gasteiger partial charge is 0.303 e. The minimum atomic E-state index is -1.02. The molecule has 0 spiro atoms. The molecule has 3 aromatic rings. The molecule has 6 nitrogen and oxygen atoms in total. The SMILES string of the molecule is Cc1ccc2cc(C3=NN(C(=O)CCC(=O)O)[C@H](c4ccc(Br)cc4)C3)c(Cl)nc2c1. The molecule has 0 fully saturated rings. The van der Waals surface area contributed by atoms with Crippen molar-refractivity contribution < 1.29 is 14.7 Å². The number of nitrogens with zero attached hydrogens (tertiary/aromatic N) is 3. The second-order valence-electron chi connectivity index (χ2n) is 7.47. The first-order valence-corrected chi connectivity index (χ1v) is 10.9. The first kappa shape index (κ1) is 21.5. The quantitative estimate of drug-likeness (QED) is 0.469. The van der Waals surface area contributed by atoms with Gasteiger partial charge in [0, 0.05) is 28.3 Å². The number of benzene rings is 2. The third kappa shape index (κ3) is 4.62. The van der Waals surface area contributed by atoms with E-state index in [1.54, 1.807) is 0 Å². The van der Waals surface area contributed by atoms with Crippen LogP contribution in [0.25, 0.3) is 10.9 Å². The number of fused-ring (bicyclic) bond motifs is 1. The topological polar surface area (TPSA) is 82.9 Å². The van der Waals surface area contributed by atoms with Crippen LogP contribution in [0.15, 0.2) is 58.1 Å². The summed E-state index contributed by atoms with van der Waals surface area (Å²) in [7, 11) is 0. The van der Waals surface area contributed by atoms with Crippen LogP contribution in [0.2, 0.25) is 5.15 Å². The van der Waals surface area contributed by atoms with Crippen molar-refractivity contribution in [2.24, 2.45) is 5.10 Å². The van der Waals surface area contributed by atoms with Gasteiger partial charge in [-0.15, -0.1) is 0 Å². The lowest BCUT2D eigenvalue weighted by molar-refractivity contribution is -0.141. The van der Waals surface area contributed by atoms with Crippen LogP contribution in [-0.4, -0.2) is 32.7 Å². The number of amides is 1. The average Bonchev–Trinajstić information content (AvgIpc) is 3.17. The van der Waals surface area contributed by atoms with E-state index in [9.17, 15) is 9.59 Å². The Morgan fingerprint density at radius 3 is 2.61 bits per heavy atom. The Hall–Kier alpha value is -2.77. The van der Waals surface area contributed by atoms with Crippen molar-refractivity contribution in [1.29, 1.82) is 0 Å². The molecule has 0 bridgehead atoms. The van der Waals surface area contributed by atoms with Crippen molar-refractivity contribution in [3.05, 3.63) is 74.8 Å². The Morgan fingerprint density at radius 2 is 1.90 bits per heavy atom. The van der Waals surface area contributed by atoms with Crippen LogP contribution >= 0.6 is 27.5 Å². The highest BCUT2D eigenvalue weighted by molar-refractivity contribution is 9.10. The van der Waals surface area contributed by atoms with Crippen molar-refractivity contribution in [1.82, 2.24) is 9.99 Å². The number of halogens is 2. The molecule has 8 heteroatoms. The second-order valence-corrected chi connectivity index (χ2v) is 8.75. The molecule has 1 amide bonds. The van der Waals surface area contributed by atoms with Crippen LogP contribution in [0.4, 0.5) is 0 Å². The number of carboxylic acid groups (broad SMARTS) is 1. The number of hydrogen-bond acceptors (Lipinski definition) is 4. The van der Waals surface area contributed by atoms with Crippen molar-refractivity contribution >= 4 is 56.0 Å². The monoisotopic (exact) mass is 499 g/mol. The van der Waals surface area contributed by atoms with Gasteiger partial charge >= 0.3 is 5.97 Å². The molecule has 4 rings (SSSR count). The molecule has 1 atom stereocenters. The molecule has 2 aromatic carbocycles. The van der Waals surface area contributed by atoms with Crippen molar-refractivity contribution in [3.8, 4) is 0 Å². The predicted octanol–water partition coefficient (Wildman–Crippen LogP) is 5.50. The Balaban J connectivity index is 1.72. The van der Waals surface area contributed by atoms with Gasteiger partial charge in [0.2, 0.25) is 5.91 Å². The van der Waals surface area contributed by atoms with Crippen LogP contribution in [0.3, 0.4) is 0 Å². The highest BCUT2D eigenvalue weighted by Crippen LogP contribution is 2.36. The third-order valence-corrected chi connectivity index (χ3v) is 6.03. The zero-order valence-corrected chi connectivity index (χ0v) is 19.0. The van der Waals surface area contributed by atoms with E-state index in [1.807, 2.05) is 55.5 Å². The van der Waals surface area contributed by atoms with Gasteiger partial charge in [0.15, 0.2) is 0 Å². The Kier molecular flexibility index (Phi) is 6.07. The van der Waals surface area contributed by atoms with Crippen molar-refractivity contribution in [2.75, 3.05) is 0 Å². The van der Waals surface area contributed by atoms with E-state index in [0.29, 0.717) is 22.8 Å². The van der Waals surface area contributed by atoms with Gasteiger partial charge in [-0.3, -0.25) is 9.59 Å². The second kappa shape index (κ2) is 8.77. The normalized spacial score (nSPS) is 15.9. The number of carboxylic acids is 1. The molecule has 0 saturated carbocycles. The summed E-state index contributed by atoms with van der Waals surface area (Å²) in [6.07, 6.45) is 0.0895. The summed E-state index contributed by atoms with van der Waals surface area (Å²) in [5.41, 5.74) is 4.12. The van der Waals surface area contributed by atoms with E-state index in [-0.39, 0.29) is 24.8 Å². The van der Waals surface area contributed by atoms with Crippen molar-refractivity contribution in [3.63, 3.8) is 0 Å².